The average Bonchev–Trinajstić information content (AvgIpc) is 2.97. The fourth-order valence-corrected chi connectivity index (χ4v) is 3.04. The molecule has 1 aliphatic heterocycles. The van der Waals surface area contributed by atoms with E-state index in [0.717, 1.165) is 30.8 Å². The van der Waals surface area contributed by atoms with Gasteiger partial charge < -0.3 is 19.7 Å². The molecule has 24 heavy (non-hydrogen) atoms. The van der Waals surface area contributed by atoms with Crippen LogP contribution in [-0.2, 0) is 13.7 Å². The van der Waals surface area contributed by atoms with Crippen molar-refractivity contribution in [2.24, 2.45) is 7.05 Å². The molecular weight excluding hydrogens is 315 g/mol. The van der Waals surface area contributed by atoms with Gasteiger partial charge in [-0.1, -0.05) is 0 Å². The van der Waals surface area contributed by atoms with Crippen LogP contribution >= 0.6 is 0 Å². The molecule has 8 heteroatoms. The Bertz CT molecular complexity index is 754. The summed E-state index contributed by atoms with van der Waals surface area (Å²) < 4.78 is 14.9. The van der Waals surface area contributed by atoms with Crippen molar-refractivity contribution < 1.29 is 19.4 Å². The Morgan fingerprint density at radius 3 is 2.62 bits per heavy atom. The predicted octanol–water partition coefficient (Wildman–Crippen LogP) is 1.17. The molecule has 0 aliphatic carbocycles. The first-order valence-corrected chi connectivity index (χ1v) is 7.78. The summed E-state index contributed by atoms with van der Waals surface area (Å²) in [6.45, 7) is 0.931. The van der Waals surface area contributed by atoms with Crippen molar-refractivity contribution >= 4 is 5.91 Å². The Labute approximate surface area is 138 Å². The molecule has 1 aromatic carbocycles. The third-order valence-corrected chi connectivity index (χ3v) is 4.48. The van der Waals surface area contributed by atoms with E-state index in [1.807, 2.05) is 7.05 Å². The molecule has 0 atom stereocenters. The lowest BCUT2D eigenvalue weighted by atomic mass is 9.95. The number of likely N-dealkylation sites (tertiary alicyclic amines) is 1. The minimum absolute atomic E-state index is 0.158. The van der Waals surface area contributed by atoms with E-state index in [1.54, 1.807) is 9.47 Å². The number of hydrogen-bond acceptors (Lipinski definition) is 5. The number of phenols is 1. The largest absolute Gasteiger partial charge is 0.505 e. The Hall–Kier alpha value is -2.48. The van der Waals surface area contributed by atoms with Crippen LogP contribution in [0.3, 0.4) is 0 Å². The molecule has 1 saturated heterocycles. The van der Waals surface area contributed by atoms with Crippen LogP contribution in [-0.4, -0.2) is 48.9 Å². The maximum atomic E-state index is 13.1. The fraction of sp³-hybridized carbons (Fsp3) is 0.438. The maximum Gasteiger partial charge on any atom is 0.253 e. The quantitative estimate of drug-likeness (QED) is 0.879. The number of benzene rings is 1. The van der Waals surface area contributed by atoms with Gasteiger partial charge in [-0.05, 0) is 31.0 Å². The third-order valence-electron chi connectivity index (χ3n) is 4.48. The second kappa shape index (κ2) is 6.56. The van der Waals surface area contributed by atoms with Crippen LogP contribution in [0.1, 0.15) is 40.8 Å². The van der Waals surface area contributed by atoms with Crippen molar-refractivity contribution in [3.8, 4) is 5.75 Å². The van der Waals surface area contributed by atoms with Crippen molar-refractivity contribution in [3.63, 3.8) is 0 Å². The molecule has 2 N–H and O–H groups in total. The van der Waals surface area contributed by atoms with Crippen LogP contribution in [0.25, 0.3) is 0 Å². The number of rotatable bonds is 3. The Balaban J connectivity index is 1.67. The number of phenolic OH excluding ortho intramolecular Hbond substituents is 1. The first-order valence-electron chi connectivity index (χ1n) is 7.78. The number of amides is 1. The van der Waals surface area contributed by atoms with Crippen molar-refractivity contribution in [2.45, 2.75) is 25.4 Å². The molecule has 1 fully saturated rings. The fourth-order valence-electron chi connectivity index (χ4n) is 3.04. The summed E-state index contributed by atoms with van der Waals surface area (Å²) in [6.07, 6.45) is 1.46. The summed E-state index contributed by atoms with van der Waals surface area (Å²) in [7, 11) is 1.82. The van der Waals surface area contributed by atoms with E-state index in [9.17, 15) is 19.4 Å². The van der Waals surface area contributed by atoms with Crippen molar-refractivity contribution in [1.29, 1.82) is 0 Å². The Kier molecular flexibility index (Phi) is 4.48. The minimum atomic E-state index is -0.743. The van der Waals surface area contributed by atoms with Gasteiger partial charge in [0, 0.05) is 31.6 Å². The van der Waals surface area contributed by atoms with Crippen LogP contribution < -0.4 is 0 Å². The second-order valence-electron chi connectivity index (χ2n) is 5.92. The van der Waals surface area contributed by atoms with Crippen molar-refractivity contribution in [3.05, 3.63) is 41.2 Å². The number of piperidine rings is 1. The van der Waals surface area contributed by atoms with Gasteiger partial charge >= 0.3 is 0 Å². The molecule has 0 spiro atoms. The summed E-state index contributed by atoms with van der Waals surface area (Å²) in [5.74, 6) is 0.0145. The first kappa shape index (κ1) is 16.4. The van der Waals surface area contributed by atoms with Crippen LogP contribution in [0.4, 0.5) is 4.39 Å². The van der Waals surface area contributed by atoms with Crippen molar-refractivity contribution in [2.75, 3.05) is 13.1 Å². The molecular formula is C16H19FN4O3. The van der Waals surface area contributed by atoms with Gasteiger partial charge in [-0.2, -0.15) is 0 Å². The molecule has 0 saturated carbocycles. The topological polar surface area (TPSA) is 91.5 Å². The van der Waals surface area contributed by atoms with Crippen molar-refractivity contribution in [1.82, 2.24) is 19.7 Å². The van der Waals surface area contributed by atoms with Crippen LogP contribution in [0.5, 0.6) is 5.75 Å². The molecule has 7 nitrogen and oxygen atoms in total. The second-order valence-corrected chi connectivity index (χ2v) is 5.92. The zero-order chi connectivity index (χ0) is 17.3. The standard InChI is InChI=1S/C16H19FN4O3/c1-20-14(9-22)18-19-15(20)10-4-6-21(7-5-10)16(24)11-2-3-12(17)13(23)8-11/h2-3,8,10,22-23H,4-7,9H2,1H3. The zero-order valence-corrected chi connectivity index (χ0v) is 13.3. The predicted molar refractivity (Wildman–Crippen MR) is 82.9 cm³/mol. The van der Waals surface area contributed by atoms with Gasteiger partial charge in [-0.15, -0.1) is 10.2 Å². The van der Waals surface area contributed by atoms with E-state index in [-0.39, 0.29) is 24.0 Å². The van der Waals surface area contributed by atoms with E-state index < -0.39 is 11.6 Å². The summed E-state index contributed by atoms with van der Waals surface area (Å²) in [5, 5.41) is 26.7. The van der Waals surface area contributed by atoms with Gasteiger partial charge in [0.15, 0.2) is 17.4 Å². The molecule has 0 bridgehead atoms. The van der Waals surface area contributed by atoms with Gasteiger partial charge in [0.1, 0.15) is 12.4 Å². The zero-order valence-electron chi connectivity index (χ0n) is 13.3. The summed E-state index contributed by atoms with van der Waals surface area (Å²) in [4.78, 5) is 14.1. The number of nitrogens with zero attached hydrogens (tertiary/aromatic N) is 4. The number of aromatic hydroxyl groups is 1. The molecule has 2 aromatic rings. The number of aliphatic hydroxyl groups is 1. The third kappa shape index (κ3) is 2.96. The van der Waals surface area contributed by atoms with Gasteiger partial charge in [0.05, 0.1) is 0 Å². The first-order chi connectivity index (χ1) is 11.5. The van der Waals surface area contributed by atoms with E-state index in [1.165, 1.54) is 6.07 Å². The van der Waals surface area contributed by atoms with Gasteiger partial charge in [-0.3, -0.25) is 4.79 Å². The highest BCUT2D eigenvalue weighted by atomic mass is 19.1. The number of halogens is 1. The molecule has 1 aromatic heterocycles. The SMILES string of the molecule is Cn1c(CO)nnc1C1CCN(C(=O)c2ccc(F)c(O)c2)CC1. The lowest BCUT2D eigenvalue weighted by molar-refractivity contribution is 0.0710. The van der Waals surface area contributed by atoms with E-state index in [2.05, 4.69) is 10.2 Å². The highest BCUT2D eigenvalue weighted by Gasteiger charge is 2.28. The maximum absolute atomic E-state index is 13.1. The summed E-state index contributed by atoms with van der Waals surface area (Å²) >= 11 is 0. The molecule has 0 unspecified atom stereocenters. The van der Waals surface area contributed by atoms with Crippen LogP contribution in [0.15, 0.2) is 18.2 Å². The lowest BCUT2D eigenvalue weighted by Crippen LogP contribution is -2.38. The molecule has 128 valence electrons. The Morgan fingerprint density at radius 1 is 1.33 bits per heavy atom. The average molecular weight is 334 g/mol. The van der Waals surface area contributed by atoms with Gasteiger partial charge in [-0.25, -0.2) is 4.39 Å². The highest BCUT2D eigenvalue weighted by Crippen LogP contribution is 2.28. The number of carbonyl (C=O) groups is 1. The summed E-state index contributed by atoms with van der Waals surface area (Å²) in [5.41, 5.74) is 0.272. The molecule has 0 radical (unpaired) electrons. The van der Waals surface area contributed by atoms with Gasteiger partial charge in [0.25, 0.3) is 5.91 Å². The lowest BCUT2D eigenvalue weighted by Gasteiger charge is -2.31. The number of aliphatic hydroxyl groups excluding tert-OH is 1. The molecule has 1 aliphatic rings. The molecule has 2 heterocycles. The molecule has 1 amide bonds. The number of hydrogen-bond donors (Lipinski definition) is 2. The highest BCUT2D eigenvalue weighted by molar-refractivity contribution is 5.94. The van der Waals surface area contributed by atoms with Crippen LogP contribution in [0, 0.1) is 5.82 Å². The number of carbonyl (C=O) groups excluding carboxylic acids is 1. The number of aromatic nitrogens is 3. The summed E-state index contributed by atoms with van der Waals surface area (Å²) in [6, 6.07) is 3.62. The smallest absolute Gasteiger partial charge is 0.253 e. The van der Waals surface area contributed by atoms with Gasteiger partial charge in [0.2, 0.25) is 0 Å². The van der Waals surface area contributed by atoms with E-state index in [4.69, 9.17) is 0 Å². The molecule has 3 rings (SSSR count). The van der Waals surface area contributed by atoms with E-state index >= 15 is 0 Å². The minimum Gasteiger partial charge on any atom is -0.505 e. The monoisotopic (exact) mass is 334 g/mol. The normalized spacial score (nSPS) is 15.7. The Morgan fingerprint density at radius 2 is 2.04 bits per heavy atom. The van der Waals surface area contributed by atoms with E-state index in [0.29, 0.717) is 18.9 Å². The van der Waals surface area contributed by atoms with Crippen LogP contribution in [0.2, 0.25) is 0 Å².